The molecule has 1 aromatic heterocycles. The van der Waals surface area contributed by atoms with Gasteiger partial charge in [-0.05, 0) is 37.4 Å². The maximum Gasteiger partial charge on any atom is 0.354 e. The quantitative estimate of drug-likeness (QED) is 0.904. The molecule has 0 amide bonds. The molecule has 0 radical (unpaired) electrons. The highest BCUT2D eigenvalue weighted by molar-refractivity contribution is 5.98. The molecule has 2 aromatic rings. The molecule has 1 fully saturated rings. The number of carbonyl (C=O) groups is 1. The lowest BCUT2D eigenvalue weighted by Gasteiger charge is -2.33. The Morgan fingerprint density at radius 2 is 2.05 bits per heavy atom. The summed E-state index contributed by atoms with van der Waals surface area (Å²) >= 11 is 0. The van der Waals surface area contributed by atoms with Crippen LogP contribution in [0, 0.1) is 0 Å². The number of pyridine rings is 1. The third-order valence-corrected chi connectivity index (χ3v) is 4.13. The van der Waals surface area contributed by atoms with Gasteiger partial charge in [0.15, 0.2) is 5.69 Å². The zero-order valence-electron chi connectivity index (χ0n) is 12.0. The van der Waals surface area contributed by atoms with E-state index in [1.165, 1.54) is 0 Å². The van der Waals surface area contributed by atoms with Crippen molar-refractivity contribution in [1.82, 2.24) is 10.3 Å². The minimum absolute atomic E-state index is 0.101. The number of fused-ring (bicyclic) bond motifs is 1. The molecule has 1 aromatic carbocycles. The van der Waals surface area contributed by atoms with Gasteiger partial charge in [0.2, 0.25) is 0 Å². The van der Waals surface area contributed by atoms with Crippen molar-refractivity contribution in [3.05, 3.63) is 36.0 Å². The Morgan fingerprint density at radius 3 is 2.76 bits per heavy atom. The van der Waals surface area contributed by atoms with Gasteiger partial charge in [-0.15, -0.1) is 0 Å². The van der Waals surface area contributed by atoms with Crippen LogP contribution in [0.2, 0.25) is 0 Å². The highest BCUT2D eigenvalue weighted by Gasteiger charge is 2.21. The third kappa shape index (κ3) is 2.69. The SMILES string of the molecule is CN(c1nc(C(=O)O)cc2ccccc12)C1CCNCC1. The van der Waals surface area contributed by atoms with Crippen molar-refractivity contribution in [3.8, 4) is 0 Å². The van der Waals surface area contributed by atoms with Crippen LogP contribution in [0.4, 0.5) is 5.82 Å². The van der Waals surface area contributed by atoms with E-state index in [1.807, 2.05) is 31.3 Å². The fourth-order valence-electron chi connectivity index (χ4n) is 2.93. The first-order valence-electron chi connectivity index (χ1n) is 7.23. The summed E-state index contributed by atoms with van der Waals surface area (Å²) in [6, 6.07) is 9.85. The summed E-state index contributed by atoms with van der Waals surface area (Å²) in [5.74, 6) is -0.224. The number of nitrogens with one attached hydrogen (secondary N) is 1. The average molecular weight is 285 g/mol. The lowest BCUT2D eigenvalue weighted by atomic mass is 10.0. The van der Waals surface area contributed by atoms with Gasteiger partial charge >= 0.3 is 5.97 Å². The van der Waals surface area contributed by atoms with E-state index in [2.05, 4.69) is 15.2 Å². The van der Waals surface area contributed by atoms with Gasteiger partial charge < -0.3 is 15.3 Å². The monoisotopic (exact) mass is 285 g/mol. The Morgan fingerprint density at radius 1 is 1.33 bits per heavy atom. The minimum atomic E-state index is -0.985. The molecule has 0 unspecified atom stereocenters. The summed E-state index contributed by atoms with van der Waals surface area (Å²) in [6.07, 6.45) is 2.09. The summed E-state index contributed by atoms with van der Waals surface area (Å²) in [5, 5.41) is 14.5. The van der Waals surface area contributed by atoms with Crippen LogP contribution in [0.3, 0.4) is 0 Å². The predicted molar refractivity (Wildman–Crippen MR) is 83.0 cm³/mol. The number of nitrogens with zero attached hydrogens (tertiary/aromatic N) is 2. The number of carboxylic acid groups (broad SMARTS) is 1. The van der Waals surface area contributed by atoms with E-state index in [-0.39, 0.29) is 5.69 Å². The minimum Gasteiger partial charge on any atom is -0.477 e. The number of aromatic nitrogens is 1. The second-order valence-electron chi connectivity index (χ2n) is 5.45. The Kier molecular flexibility index (Phi) is 3.75. The number of rotatable bonds is 3. The van der Waals surface area contributed by atoms with Crippen molar-refractivity contribution in [2.24, 2.45) is 0 Å². The summed E-state index contributed by atoms with van der Waals surface area (Å²) in [5.41, 5.74) is 0.101. The molecule has 5 heteroatoms. The smallest absolute Gasteiger partial charge is 0.354 e. The zero-order chi connectivity index (χ0) is 14.8. The molecule has 0 saturated carbocycles. The molecular formula is C16H19N3O2. The molecule has 0 atom stereocenters. The highest BCUT2D eigenvalue weighted by atomic mass is 16.4. The van der Waals surface area contributed by atoms with E-state index in [9.17, 15) is 9.90 Å². The van der Waals surface area contributed by atoms with Crippen molar-refractivity contribution in [3.63, 3.8) is 0 Å². The van der Waals surface area contributed by atoms with Gasteiger partial charge in [0.25, 0.3) is 0 Å². The molecule has 2 N–H and O–H groups in total. The van der Waals surface area contributed by atoms with Gasteiger partial charge in [-0.2, -0.15) is 0 Å². The number of hydrogen-bond acceptors (Lipinski definition) is 4. The first-order valence-corrected chi connectivity index (χ1v) is 7.23. The largest absolute Gasteiger partial charge is 0.477 e. The van der Waals surface area contributed by atoms with E-state index in [4.69, 9.17) is 0 Å². The van der Waals surface area contributed by atoms with Crippen molar-refractivity contribution in [2.75, 3.05) is 25.0 Å². The van der Waals surface area contributed by atoms with Gasteiger partial charge in [-0.3, -0.25) is 0 Å². The van der Waals surface area contributed by atoms with Crippen molar-refractivity contribution >= 4 is 22.6 Å². The molecular weight excluding hydrogens is 266 g/mol. The van der Waals surface area contributed by atoms with Gasteiger partial charge in [-0.1, -0.05) is 24.3 Å². The molecule has 110 valence electrons. The van der Waals surface area contributed by atoms with E-state index < -0.39 is 5.97 Å². The number of anilines is 1. The number of piperidine rings is 1. The first-order chi connectivity index (χ1) is 10.2. The highest BCUT2D eigenvalue weighted by Crippen LogP contribution is 2.28. The van der Waals surface area contributed by atoms with Crippen LogP contribution >= 0.6 is 0 Å². The van der Waals surface area contributed by atoms with Crippen LogP contribution in [-0.4, -0.2) is 42.2 Å². The summed E-state index contributed by atoms with van der Waals surface area (Å²) in [7, 11) is 2.01. The van der Waals surface area contributed by atoms with Crippen LogP contribution in [0.5, 0.6) is 0 Å². The molecule has 5 nitrogen and oxygen atoms in total. The number of hydrogen-bond donors (Lipinski definition) is 2. The molecule has 1 aliphatic heterocycles. The summed E-state index contributed by atoms with van der Waals surface area (Å²) in [6.45, 7) is 1.98. The summed E-state index contributed by atoms with van der Waals surface area (Å²) in [4.78, 5) is 17.8. The fourth-order valence-corrected chi connectivity index (χ4v) is 2.93. The van der Waals surface area contributed by atoms with E-state index in [0.29, 0.717) is 6.04 Å². The fraction of sp³-hybridized carbons (Fsp3) is 0.375. The van der Waals surface area contributed by atoms with E-state index in [1.54, 1.807) is 6.07 Å². The van der Waals surface area contributed by atoms with Crippen molar-refractivity contribution in [2.45, 2.75) is 18.9 Å². The van der Waals surface area contributed by atoms with Crippen LogP contribution in [0.15, 0.2) is 30.3 Å². The molecule has 2 heterocycles. The standard InChI is InChI=1S/C16H19N3O2/c1-19(12-6-8-17-9-7-12)15-13-5-3-2-4-11(13)10-14(18-15)16(20)21/h2-5,10,12,17H,6-9H2,1H3,(H,20,21). The van der Waals surface area contributed by atoms with E-state index >= 15 is 0 Å². The van der Waals surface area contributed by atoms with Crippen LogP contribution < -0.4 is 10.2 Å². The predicted octanol–water partition coefficient (Wildman–Crippen LogP) is 2.12. The third-order valence-electron chi connectivity index (χ3n) is 4.13. The first kappa shape index (κ1) is 13.8. The zero-order valence-corrected chi connectivity index (χ0v) is 12.0. The maximum atomic E-state index is 11.3. The Labute approximate surface area is 123 Å². The molecule has 0 aliphatic carbocycles. The van der Waals surface area contributed by atoms with Gasteiger partial charge in [0, 0.05) is 18.5 Å². The van der Waals surface area contributed by atoms with Gasteiger partial charge in [-0.25, -0.2) is 9.78 Å². The maximum absolute atomic E-state index is 11.3. The lowest BCUT2D eigenvalue weighted by Crippen LogP contribution is -2.41. The Hall–Kier alpha value is -2.14. The Bertz CT molecular complexity index is 666. The normalized spacial score (nSPS) is 16.0. The van der Waals surface area contributed by atoms with Gasteiger partial charge in [0.1, 0.15) is 5.82 Å². The van der Waals surface area contributed by atoms with Crippen molar-refractivity contribution < 1.29 is 9.90 Å². The van der Waals surface area contributed by atoms with Crippen LogP contribution in [0.1, 0.15) is 23.3 Å². The van der Waals surface area contributed by atoms with Crippen LogP contribution in [-0.2, 0) is 0 Å². The molecule has 21 heavy (non-hydrogen) atoms. The van der Waals surface area contributed by atoms with Gasteiger partial charge in [0.05, 0.1) is 0 Å². The second kappa shape index (κ2) is 5.69. The number of aromatic carboxylic acids is 1. The van der Waals surface area contributed by atoms with Crippen molar-refractivity contribution in [1.29, 1.82) is 0 Å². The molecule has 1 aliphatic rings. The lowest BCUT2D eigenvalue weighted by molar-refractivity contribution is 0.0691. The average Bonchev–Trinajstić information content (AvgIpc) is 2.54. The molecule has 0 spiro atoms. The topological polar surface area (TPSA) is 65.5 Å². The number of carboxylic acids is 1. The number of benzene rings is 1. The molecule has 3 rings (SSSR count). The summed E-state index contributed by atoms with van der Waals surface area (Å²) < 4.78 is 0. The Balaban J connectivity index is 2.08. The van der Waals surface area contributed by atoms with Crippen LogP contribution in [0.25, 0.3) is 10.8 Å². The molecule has 1 saturated heterocycles. The molecule has 0 bridgehead atoms. The second-order valence-corrected chi connectivity index (χ2v) is 5.45. The van der Waals surface area contributed by atoms with E-state index in [0.717, 1.165) is 42.5 Å².